The highest BCUT2D eigenvalue weighted by atomic mass is 16.5. The second-order valence-corrected chi connectivity index (χ2v) is 3.96. The number of ether oxygens (including phenoxy) is 1. The molecular weight excluding hydrogens is 262 g/mol. The molecule has 1 aromatic carbocycles. The lowest BCUT2D eigenvalue weighted by molar-refractivity contribution is -0.141. The number of benzene rings is 1. The Bertz CT molecular complexity index is 570. The molecule has 0 atom stereocenters. The predicted molar refractivity (Wildman–Crippen MR) is 67.4 cm³/mol. The van der Waals surface area contributed by atoms with Gasteiger partial charge in [-0.05, 0) is 10.8 Å². The smallest absolute Gasteiger partial charge is 0.325 e. The Kier molecular flexibility index (Phi) is 4.38. The summed E-state index contributed by atoms with van der Waals surface area (Å²) in [5.41, 5.74) is 0.883. The van der Waals surface area contributed by atoms with E-state index in [1.54, 1.807) is 0 Å². The Balaban J connectivity index is 2.16. The highest BCUT2D eigenvalue weighted by molar-refractivity contribution is 5.92. The van der Waals surface area contributed by atoms with Crippen molar-refractivity contribution in [1.82, 2.24) is 25.5 Å². The Morgan fingerprint density at radius 2 is 2.05 bits per heavy atom. The molecule has 2 rings (SSSR count). The number of esters is 1. The molecule has 2 aromatic rings. The minimum absolute atomic E-state index is 0.0927. The number of carbonyl (C=O) groups excluding carboxylic acids is 2. The molecule has 0 aliphatic carbocycles. The quantitative estimate of drug-likeness (QED) is 0.772. The summed E-state index contributed by atoms with van der Waals surface area (Å²) in [6, 6.07) is 9.28. The van der Waals surface area contributed by atoms with Crippen molar-refractivity contribution in [3.05, 3.63) is 41.7 Å². The van der Waals surface area contributed by atoms with Crippen molar-refractivity contribution in [2.24, 2.45) is 0 Å². The van der Waals surface area contributed by atoms with Crippen LogP contribution >= 0.6 is 0 Å². The van der Waals surface area contributed by atoms with Gasteiger partial charge in [0.25, 0.3) is 11.7 Å². The number of methoxy groups -OCH3 is 1. The van der Waals surface area contributed by atoms with E-state index >= 15 is 0 Å². The van der Waals surface area contributed by atoms with Crippen LogP contribution < -0.4 is 0 Å². The summed E-state index contributed by atoms with van der Waals surface area (Å²) < 4.78 is 4.59. The van der Waals surface area contributed by atoms with Gasteiger partial charge in [0.1, 0.15) is 6.54 Å². The lowest BCUT2D eigenvalue weighted by atomic mass is 10.2. The summed E-state index contributed by atoms with van der Waals surface area (Å²) in [6.07, 6.45) is 0. The molecule has 0 radical (unpaired) electrons. The molecule has 0 saturated heterocycles. The second kappa shape index (κ2) is 6.41. The normalized spacial score (nSPS) is 10.1. The highest BCUT2D eigenvalue weighted by Gasteiger charge is 2.22. The SMILES string of the molecule is COC(=O)CN(Cc1ccccc1)C(=O)c1nn[nH]n1. The standard InChI is InChI=1S/C12H13N5O3/c1-20-10(18)8-17(7-9-5-3-2-4-6-9)12(19)11-13-15-16-14-11/h2-6H,7-8H2,1H3,(H,13,14,15,16). The first kappa shape index (κ1) is 13.7. The molecule has 8 nitrogen and oxygen atoms in total. The predicted octanol–water partition coefficient (Wildman–Crippen LogP) is 0.0151. The van der Waals surface area contributed by atoms with Crippen molar-refractivity contribution in [3.8, 4) is 0 Å². The van der Waals surface area contributed by atoms with E-state index < -0.39 is 11.9 Å². The summed E-state index contributed by atoms with van der Waals surface area (Å²) in [7, 11) is 1.27. The van der Waals surface area contributed by atoms with Crippen LogP contribution in [0.1, 0.15) is 16.2 Å². The third-order valence-corrected chi connectivity index (χ3v) is 2.59. The molecule has 1 heterocycles. The number of amides is 1. The summed E-state index contributed by atoms with van der Waals surface area (Å²) in [5.74, 6) is -1.10. The molecule has 0 saturated carbocycles. The fraction of sp³-hybridized carbons (Fsp3) is 0.250. The Morgan fingerprint density at radius 1 is 1.30 bits per heavy atom. The first-order valence-corrected chi connectivity index (χ1v) is 5.84. The van der Waals surface area contributed by atoms with Gasteiger partial charge in [-0.3, -0.25) is 9.59 Å². The van der Waals surface area contributed by atoms with E-state index in [2.05, 4.69) is 25.4 Å². The molecule has 104 valence electrons. The van der Waals surface area contributed by atoms with Crippen LogP contribution in [0.15, 0.2) is 30.3 Å². The van der Waals surface area contributed by atoms with Gasteiger partial charge in [-0.1, -0.05) is 30.3 Å². The Morgan fingerprint density at radius 3 is 2.65 bits per heavy atom. The number of carbonyl (C=O) groups is 2. The molecule has 1 N–H and O–H groups in total. The van der Waals surface area contributed by atoms with Gasteiger partial charge >= 0.3 is 5.97 Å². The van der Waals surface area contributed by atoms with Gasteiger partial charge < -0.3 is 9.64 Å². The minimum Gasteiger partial charge on any atom is -0.468 e. The molecule has 1 aromatic heterocycles. The van der Waals surface area contributed by atoms with E-state index in [-0.39, 0.29) is 18.9 Å². The lowest BCUT2D eigenvalue weighted by Crippen LogP contribution is -2.36. The molecule has 20 heavy (non-hydrogen) atoms. The third kappa shape index (κ3) is 3.37. The highest BCUT2D eigenvalue weighted by Crippen LogP contribution is 2.07. The fourth-order valence-corrected chi connectivity index (χ4v) is 1.62. The molecule has 0 aliphatic rings. The molecule has 0 bridgehead atoms. The van der Waals surface area contributed by atoms with Crippen LogP contribution in [0.2, 0.25) is 0 Å². The van der Waals surface area contributed by atoms with Gasteiger partial charge in [-0.2, -0.15) is 5.21 Å². The zero-order chi connectivity index (χ0) is 14.4. The van der Waals surface area contributed by atoms with Crippen molar-refractivity contribution >= 4 is 11.9 Å². The minimum atomic E-state index is -0.516. The number of H-pyrrole nitrogens is 1. The van der Waals surface area contributed by atoms with E-state index in [1.807, 2.05) is 30.3 Å². The van der Waals surface area contributed by atoms with Gasteiger partial charge in [0.05, 0.1) is 7.11 Å². The number of hydrogen-bond donors (Lipinski definition) is 1. The first-order chi connectivity index (χ1) is 9.70. The van der Waals surface area contributed by atoms with Crippen LogP contribution in [-0.2, 0) is 16.1 Å². The van der Waals surface area contributed by atoms with Gasteiger partial charge in [0, 0.05) is 6.54 Å². The molecule has 0 aliphatic heterocycles. The lowest BCUT2D eigenvalue weighted by Gasteiger charge is -2.19. The topological polar surface area (TPSA) is 101 Å². The van der Waals surface area contributed by atoms with Gasteiger partial charge in [-0.25, -0.2) is 0 Å². The second-order valence-electron chi connectivity index (χ2n) is 3.96. The average molecular weight is 275 g/mol. The van der Waals surface area contributed by atoms with Crippen LogP contribution in [0.5, 0.6) is 0 Å². The van der Waals surface area contributed by atoms with E-state index in [4.69, 9.17) is 0 Å². The van der Waals surface area contributed by atoms with E-state index in [0.717, 1.165) is 5.56 Å². The summed E-state index contributed by atoms with van der Waals surface area (Å²) in [6.45, 7) is 0.0715. The third-order valence-electron chi connectivity index (χ3n) is 2.59. The zero-order valence-electron chi connectivity index (χ0n) is 10.8. The Hall–Kier alpha value is -2.77. The fourth-order valence-electron chi connectivity index (χ4n) is 1.62. The number of nitrogens with one attached hydrogen (secondary N) is 1. The van der Waals surface area contributed by atoms with Crippen molar-refractivity contribution in [1.29, 1.82) is 0 Å². The number of aromatic amines is 1. The van der Waals surface area contributed by atoms with E-state index in [9.17, 15) is 9.59 Å². The molecule has 0 spiro atoms. The number of tetrazole rings is 1. The van der Waals surface area contributed by atoms with Crippen LogP contribution in [0, 0.1) is 0 Å². The maximum Gasteiger partial charge on any atom is 0.325 e. The largest absolute Gasteiger partial charge is 0.468 e. The van der Waals surface area contributed by atoms with Gasteiger partial charge in [0.2, 0.25) is 0 Å². The summed E-state index contributed by atoms with van der Waals surface area (Å²) in [5, 5.41) is 12.8. The molecule has 8 heteroatoms. The van der Waals surface area contributed by atoms with Crippen LogP contribution in [0.25, 0.3) is 0 Å². The van der Waals surface area contributed by atoms with Gasteiger partial charge in [-0.15, -0.1) is 10.2 Å². The number of nitrogens with zero attached hydrogens (tertiary/aromatic N) is 4. The molecule has 0 unspecified atom stereocenters. The number of hydrogen-bond acceptors (Lipinski definition) is 6. The molecule has 1 amide bonds. The van der Waals surface area contributed by atoms with Gasteiger partial charge in [0.15, 0.2) is 0 Å². The van der Waals surface area contributed by atoms with Crippen LogP contribution in [0.4, 0.5) is 0 Å². The monoisotopic (exact) mass is 275 g/mol. The van der Waals surface area contributed by atoms with E-state index in [1.165, 1.54) is 12.0 Å². The Labute approximate surface area is 114 Å². The van der Waals surface area contributed by atoms with Crippen molar-refractivity contribution in [2.75, 3.05) is 13.7 Å². The summed E-state index contributed by atoms with van der Waals surface area (Å²) >= 11 is 0. The zero-order valence-corrected chi connectivity index (χ0v) is 10.8. The first-order valence-electron chi connectivity index (χ1n) is 5.84. The van der Waals surface area contributed by atoms with Crippen molar-refractivity contribution in [2.45, 2.75) is 6.54 Å². The van der Waals surface area contributed by atoms with E-state index in [0.29, 0.717) is 0 Å². The number of aromatic nitrogens is 4. The van der Waals surface area contributed by atoms with Crippen molar-refractivity contribution < 1.29 is 14.3 Å². The maximum absolute atomic E-state index is 12.2. The van der Waals surface area contributed by atoms with Crippen molar-refractivity contribution in [3.63, 3.8) is 0 Å². The van der Waals surface area contributed by atoms with Crippen LogP contribution in [-0.4, -0.2) is 51.1 Å². The molecule has 0 fully saturated rings. The maximum atomic E-state index is 12.2. The van der Waals surface area contributed by atoms with Crippen LogP contribution in [0.3, 0.4) is 0 Å². The molecular formula is C12H13N5O3. The number of rotatable bonds is 5. The summed E-state index contributed by atoms with van der Waals surface area (Å²) in [4.78, 5) is 24.9. The average Bonchev–Trinajstić information content (AvgIpc) is 3.01.